The van der Waals surface area contributed by atoms with Gasteiger partial charge < -0.3 is 14.1 Å². The van der Waals surface area contributed by atoms with E-state index in [1.54, 1.807) is 7.11 Å². The number of benzene rings is 1. The van der Waals surface area contributed by atoms with Crippen molar-refractivity contribution in [2.75, 3.05) is 33.3 Å². The quantitative estimate of drug-likeness (QED) is 0.618. The number of carbonyl (C=O) groups is 1. The molecule has 164 valence electrons. The topological polar surface area (TPSA) is 45.9 Å². The van der Waals surface area contributed by atoms with Crippen LogP contribution in [0, 0.1) is 25.7 Å². The lowest BCUT2D eigenvalue weighted by Gasteiger charge is -2.35. The van der Waals surface area contributed by atoms with E-state index in [-0.39, 0.29) is 5.91 Å². The first-order valence-electron chi connectivity index (χ1n) is 11.1. The number of aryl methyl sites for hydroxylation is 2. The highest BCUT2D eigenvalue weighted by Crippen LogP contribution is 2.25. The molecule has 1 amide bonds. The summed E-state index contributed by atoms with van der Waals surface area (Å²) in [6.45, 7) is 12.7. The van der Waals surface area contributed by atoms with E-state index in [1.165, 1.54) is 5.56 Å². The van der Waals surface area contributed by atoms with Crippen LogP contribution in [0.25, 0.3) is 0 Å². The molecule has 0 saturated carbocycles. The molecule has 0 spiro atoms. The maximum Gasteiger partial charge on any atom is 0.257 e. The number of para-hydroxylation sites is 1. The number of hydrogen-bond donors (Lipinski definition) is 0. The number of methoxy groups -OCH3 is 1. The van der Waals surface area contributed by atoms with Crippen molar-refractivity contribution in [2.45, 2.75) is 47.1 Å². The zero-order valence-corrected chi connectivity index (χ0v) is 19.1. The number of furan rings is 1. The van der Waals surface area contributed by atoms with Crippen molar-refractivity contribution in [2.24, 2.45) is 11.8 Å². The molecule has 0 bridgehead atoms. The highest BCUT2D eigenvalue weighted by Gasteiger charge is 2.27. The number of hydrogen-bond acceptors (Lipinski definition) is 4. The number of nitrogens with zero attached hydrogens (tertiary/aromatic N) is 2. The average Bonchev–Trinajstić information content (AvgIpc) is 3.06. The Bertz CT molecular complexity index is 835. The van der Waals surface area contributed by atoms with Gasteiger partial charge in [0.1, 0.15) is 17.3 Å². The van der Waals surface area contributed by atoms with Gasteiger partial charge in [-0.2, -0.15) is 0 Å². The Morgan fingerprint density at radius 3 is 2.53 bits per heavy atom. The Morgan fingerprint density at radius 1 is 1.23 bits per heavy atom. The van der Waals surface area contributed by atoms with E-state index >= 15 is 0 Å². The molecule has 30 heavy (non-hydrogen) atoms. The van der Waals surface area contributed by atoms with Crippen molar-refractivity contribution in [3.63, 3.8) is 0 Å². The second-order valence-corrected chi connectivity index (χ2v) is 8.96. The molecule has 1 aliphatic rings. The molecule has 3 rings (SSSR count). The van der Waals surface area contributed by atoms with E-state index in [0.29, 0.717) is 17.4 Å². The SMILES string of the molecule is COc1ccccc1CN1CCC(CN(CC(C)C)C(=O)c2cc(C)oc2C)CC1. The second kappa shape index (κ2) is 10.2. The van der Waals surface area contributed by atoms with E-state index < -0.39 is 0 Å². The first kappa shape index (κ1) is 22.4. The van der Waals surface area contributed by atoms with Crippen LogP contribution in [0.2, 0.25) is 0 Å². The molecular weight excluding hydrogens is 376 g/mol. The number of rotatable bonds is 8. The molecule has 1 saturated heterocycles. The smallest absolute Gasteiger partial charge is 0.257 e. The lowest BCUT2D eigenvalue weighted by Crippen LogP contribution is -2.42. The van der Waals surface area contributed by atoms with Gasteiger partial charge in [0.05, 0.1) is 12.7 Å². The van der Waals surface area contributed by atoms with Crippen LogP contribution in [0.1, 0.15) is 54.1 Å². The van der Waals surface area contributed by atoms with Crippen LogP contribution in [-0.4, -0.2) is 49.0 Å². The van der Waals surface area contributed by atoms with Gasteiger partial charge in [0, 0.05) is 25.2 Å². The van der Waals surface area contributed by atoms with Gasteiger partial charge in [0.2, 0.25) is 0 Å². The van der Waals surface area contributed by atoms with Gasteiger partial charge >= 0.3 is 0 Å². The van der Waals surface area contributed by atoms with Crippen LogP contribution in [-0.2, 0) is 6.54 Å². The summed E-state index contributed by atoms with van der Waals surface area (Å²) in [6.07, 6.45) is 2.22. The minimum Gasteiger partial charge on any atom is -0.496 e. The third kappa shape index (κ3) is 5.66. The van der Waals surface area contributed by atoms with Gasteiger partial charge in [-0.05, 0) is 63.7 Å². The van der Waals surface area contributed by atoms with Crippen LogP contribution < -0.4 is 4.74 Å². The summed E-state index contributed by atoms with van der Waals surface area (Å²) < 4.78 is 11.1. The minimum atomic E-state index is 0.106. The van der Waals surface area contributed by atoms with Crippen molar-refractivity contribution in [1.82, 2.24) is 9.80 Å². The van der Waals surface area contributed by atoms with Gasteiger partial charge in [-0.3, -0.25) is 9.69 Å². The molecule has 5 heteroatoms. The van der Waals surface area contributed by atoms with Gasteiger partial charge in [-0.25, -0.2) is 0 Å². The zero-order valence-electron chi connectivity index (χ0n) is 19.1. The fourth-order valence-electron chi connectivity index (χ4n) is 4.41. The number of carbonyl (C=O) groups excluding carboxylic acids is 1. The predicted molar refractivity (Wildman–Crippen MR) is 120 cm³/mol. The number of piperidine rings is 1. The molecule has 1 aromatic heterocycles. The Hall–Kier alpha value is -2.27. The van der Waals surface area contributed by atoms with Crippen LogP contribution in [0.3, 0.4) is 0 Å². The number of likely N-dealkylation sites (tertiary alicyclic amines) is 1. The lowest BCUT2D eigenvalue weighted by atomic mass is 9.95. The highest BCUT2D eigenvalue weighted by atomic mass is 16.5. The Labute approximate surface area is 181 Å². The molecule has 2 heterocycles. The third-order valence-electron chi connectivity index (χ3n) is 5.92. The summed E-state index contributed by atoms with van der Waals surface area (Å²) in [5.74, 6) is 3.55. The van der Waals surface area contributed by atoms with Crippen LogP contribution >= 0.6 is 0 Å². The normalized spacial score (nSPS) is 15.5. The summed E-state index contributed by atoms with van der Waals surface area (Å²) in [4.78, 5) is 17.7. The Morgan fingerprint density at radius 2 is 1.93 bits per heavy atom. The van der Waals surface area contributed by atoms with Crippen LogP contribution in [0.5, 0.6) is 5.75 Å². The largest absolute Gasteiger partial charge is 0.496 e. The minimum absolute atomic E-state index is 0.106. The van der Waals surface area contributed by atoms with E-state index in [4.69, 9.17) is 9.15 Å². The van der Waals surface area contributed by atoms with Gasteiger partial charge in [0.25, 0.3) is 5.91 Å². The fourth-order valence-corrected chi connectivity index (χ4v) is 4.41. The fraction of sp³-hybridized carbons (Fsp3) is 0.560. The van der Waals surface area contributed by atoms with Crippen LogP contribution in [0.4, 0.5) is 0 Å². The molecule has 0 radical (unpaired) electrons. The van der Waals surface area contributed by atoms with Crippen LogP contribution in [0.15, 0.2) is 34.7 Å². The van der Waals surface area contributed by atoms with Gasteiger partial charge in [0.15, 0.2) is 0 Å². The van der Waals surface area contributed by atoms with E-state index in [0.717, 1.165) is 62.8 Å². The molecule has 1 fully saturated rings. The molecule has 2 aromatic rings. The standard InChI is InChI=1S/C25H36N2O3/c1-18(2)15-27(25(28)23-14-19(3)30-20(23)4)16-21-10-12-26(13-11-21)17-22-8-6-7-9-24(22)29-5/h6-9,14,18,21H,10-13,15-17H2,1-5H3. The maximum atomic E-state index is 13.2. The average molecular weight is 413 g/mol. The first-order valence-corrected chi connectivity index (χ1v) is 11.1. The van der Waals surface area contributed by atoms with Crippen molar-refractivity contribution in [3.05, 3.63) is 53.0 Å². The third-order valence-corrected chi connectivity index (χ3v) is 5.92. The summed E-state index contributed by atoms with van der Waals surface area (Å²) in [7, 11) is 1.73. The van der Waals surface area contributed by atoms with Gasteiger partial charge in [-0.1, -0.05) is 32.0 Å². The summed E-state index contributed by atoms with van der Waals surface area (Å²) in [5.41, 5.74) is 1.95. The molecule has 0 atom stereocenters. The number of amides is 1. The van der Waals surface area contributed by atoms with E-state index in [9.17, 15) is 4.79 Å². The van der Waals surface area contributed by atoms with Crippen molar-refractivity contribution in [3.8, 4) is 5.75 Å². The van der Waals surface area contributed by atoms with E-state index in [2.05, 4.69) is 30.9 Å². The molecule has 5 nitrogen and oxygen atoms in total. The molecule has 0 unspecified atom stereocenters. The summed E-state index contributed by atoms with van der Waals surface area (Å²) in [6, 6.07) is 10.1. The zero-order chi connectivity index (χ0) is 21.7. The van der Waals surface area contributed by atoms with Crippen molar-refractivity contribution in [1.29, 1.82) is 0 Å². The second-order valence-electron chi connectivity index (χ2n) is 8.96. The molecular formula is C25H36N2O3. The monoisotopic (exact) mass is 412 g/mol. The summed E-state index contributed by atoms with van der Waals surface area (Å²) in [5, 5.41) is 0. The Balaban J connectivity index is 1.59. The Kier molecular flexibility index (Phi) is 7.59. The lowest BCUT2D eigenvalue weighted by molar-refractivity contribution is 0.0661. The van der Waals surface area contributed by atoms with Crippen molar-refractivity contribution < 1.29 is 13.9 Å². The molecule has 1 aromatic carbocycles. The number of ether oxygens (including phenoxy) is 1. The molecule has 0 N–H and O–H groups in total. The van der Waals surface area contributed by atoms with Crippen molar-refractivity contribution >= 4 is 5.91 Å². The molecule has 1 aliphatic heterocycles. The first-order chi connectivity index (χ1) is 14.4. The molecule has 0 aliphatic carbocycles. The van der Waals surface area contributed by atoms with E-state index in [1.807, 2.05) is 36.9 Å². The summed E-state index contributed by atoms with van der Waals surface area (Å²) >= 11 is 0. The highest BCUT2D eigenvalue weighted by molar-refractivity contribution is 5.95. The van der Waals surface area contributed by atoms with Gasteiger partial charge in [-0.15, -0.1) is 0 Å². The maximum absolute atomic E-state index is 13.2. The predicted octanol–water partition coefficient (Wildman–Crippen LogP) is 4.92.